The summed E-state index contributed by atoms with van der Waals surface area (Å²) in [6, 6.07) is 12.8. The van der Waals surface area contributed by atoms with Gasteiger partial charge in [0, 0.05) is 28.5 Å². The Morgan fingerprint density at radius 1 is 0.938 bits per heavy atom. The molecule has 2 aromatic heterocycles. The minimum Gasteiger partial charge on any atom is -0.166 e. The topological polar surface area (TPSA) is 4.10 Å². The molecule has 0 aliphatic carbocycles. The van der Waals surface area contributed by atoms with Gasteiger partial charge in [-0.05, 0) is 31.5 Å². The van der Waals surface area contributed by atoms with Crippen LogP contribution in [0.15, 0.2) is 48.8 Å². The molecule has 1 heteroatoms. The molecule has 0 bridgehead atoms. The molecule has 0 aliphatic heterocycles. The molecule has 16 heavy (non-hydrogen) atoms. The van der Waals surface area contributed by atoms with Gasteiger partial charge in [0.25, 0.3) is 0 Å². The van der Waals surface area contributed by atoms with E-state index in [4.69, 9.17) is 0 Å². The number of aryl methyl sites for hydroxylation is 2. The van der Waals surface area contributed by atoms with Crippen molar-refractivity contribution >= 4 is 16.3 Å². The summed E-state index contributed by atoms with van der Waals surface area (Å²) in [5.74, 6) is 0. The molecule has 0 amide bonds. The first-order valence-corrected chi connectivity index (χ1v) is 5.56. The van der Waals surface area contributed by atoms with E-state index in [9.17, 15) is 0 Å². The SMILES string of the molecule is Cc1cccc2c[n+]3ccccc3c(C)c12. The van der Waals surface area contributed by atoms with E-state index in [1.807, 2.05) is 0 Å². The molecule has 0 saturated carbocycles. The molecule has 0 aliphatic rings. The molecule has 0 radical (unpaired) electrons. The molecule has 3 aromatic rings. The first kappa shape index (κ1) is 9.34. The highest BCUT2D eigenvalue weighted by Gasteiger charge is 2.10. The summed E-state index contributed by atoms with van der Waals surface area (Å²) in [5, 5.41) is 2.69. The average molecular weight is 208 g/mol. The summed E-state index contributed by atoms with van der Waals surface area (Å²) in [7, 11) is 0. The van der Waals surface area contributed by atoms with Gasteiger partial charge in [-0.3, -0.25) is 0 Å². The van der Waals surface area contributed by atoms with Crippen LogP contribution in [-0.4, -0.2) is 0 Å². The van der Waals surface area contributed by atoms with E-state index >= 15 is 0 Å². The number of rotatable bonds is 0. The van der Waals surface area contributed by atoms with Gasteiger partial charge in [0.15, 0.2) is 12.4 Å². The zero-order valence-corrected chi connectivity index (χ0v) is 9.57. The maximum Gasteiger partial charge on any atom is 0.214 e. The third kappa shape index (κ3) is 1.21. The lowest BCUT2D eigenvalue weighted by atomic mass is 10.0. The highest BCUT2D eigenvalue weighted by atomic mass is 14.8. The largest absolute Gasteiger partial charge is 0.214 e. The van der Waals surface area contributed by atoms with Gasteiger partial charge in [0.2, 0.25) is 5.52 Å². The van der Waals surface area contributed by atoms with Crippen molar-refractivity contribution in [2.75, 3.05) is 0 Å². The van der Waals surface area contributed by atoms with E-state index in [0.29, 0.717) is 0 Å². The van der Waals surface area contributed by atoms with E-state index in [1.54, 1.807) is 0 Å². The zero-order chi connectivity index (χ0) is 11.1. The van der Waals surface area contributed by atoms with Crippen LogP contribution in [0.2, 0.25) is 0 Å². The van der Waals surface area contributed by atoms with Crippen LogP contribution in [-0.2, 0) is 0 Å². The summed E-state index contributed by atoms with van der Waals surface area (Å²) in [4.78, 5) is 0. The maximum atomic E-state index is 2.20. The lowest BCUT2D eigenvalue weighted by Gasteiger charge is -2.04. The number of hydrogen-bond donors (Lipinski definition) is 0. The van der Waals surface area contributed by atoms with Crippen molar-refractivity contribution < 1.29 is 4.40 Å². The molecular weight excluding hydrogens is 194 g/mol. The van der Waals surface area contributed by atoms with Crippen LogP contribution in [0.4, 0.5) is 0 Å². The zero-order valence-electron chi connectivity index (χ0n) is 9.57. The van der Waals surface area contributed by atoms with Gasteiger partial charge in [0.05, 0.1) is 0 Å². The van der Waals surface area contributed by atoms with E-state index in [0.717, 1.165) is 0 Å². The molecule has 0 saturated heterocycles. The third-order valence-corrected chi connectivity index (χ3v) is 3.23. The fourth-order valence-corrected chi connectivity index (χ4v) is 2.47. The minimum absolute atomic E-state index is 1.28. The van der Waals surface area contributed by atoms with Crippen LogP contribution in [0.3, 0.4) is 0 Å². The Morgan fingerprint density at radius 2 is 1.81 bits per heavy atom. The predicted octanol–water partition coefficient (Wildman–Crippen LogP) is 3.20. The standard InChI is InChI=1S/C15H14N/c1-11-6-5-7-13-10-16-9-4-3-8-14(16)12(2)15(11)13/h3-10H,1-2H3/q+1. The van der Waals surface area contributed by atoms with Crippen LogP contribution in [0, 0.1) is 13.8 Å². The molecule has 0 N–H and O–H groups in total. The Balaban J connectivity index is 2.62. The Morgan fingerprint density at radius 3 is 2.69 bits per heavy atom. The first-order valence-electron chi connectivity index (χ1n) is 5.56. The van der Waals surface area contributed by atoms with Crippen molar-refractivity contribution in [1.82, 2.24) is 0 Å². The van der Waals surface area contributed by atoms with Crippen LogP contribution >= 0.6 is 0 Å². The predicted molar refractivity (Wildman–Crippen MR) is 66.6 cm³/mol. The van der Waals surface area contributed by atoms with Gasteiger partial charge < -0.3 is 0 Å². The molecule has 0 fully saturated rings. The fraction of sp³-hybridized carbons (Fsp3) is 0.133. The summed E-state index contributed by atoms with van der Waals surface area (Å²) in [6.45, 7) is 4.37. The molecule has 0 spiro atoms. The molecule has 3 rings (SSSR count). The molecular formula is C15H14N+. The van der Waals surface area contributed by atoms with E-state index in [-0.39, 0.29) is 0 Å². The van der Waals surface area contributed by atoms with Crippen molar-refractivity contribution in [3.8, 4) is 0 Å². The number of nitrogens with zero attached hydrogens (tertiary/aromatic N) is 1. The Labute approximate surface area is 95.0 Å². The van der Waals surface area contributed by atoms with E-state index in [1.165, 1.54) is 27.4 Å². The summed E-state index contributed by atoms with van der Waals surface area (Å²) in [6.07, 6.45) is 4.30. The Kier molecular flexibility index (Phi) is 1.93. The molecule has 1 aromatic carbocycles. The second-order valence-corrected chi connectivity index (χ2v) is 4.29. The first-order chi connectivity index (χ1) is 7.77. The molecule has 0 atom stereocenters. The molecule has 1 nitrogen and oxygen atoms in total. The Hall–Kier alpha value is -1.89. The number of pyridine rings is 2. The lowest BCUT2D eigenvalue weighted by Crippen LogP contribution is -2.21. The van der Waals surface area contributed by atoms with Crippen molar-refractivity contribution in [2.24, 2.45) is 0 Å². The van der Waals surface area contributed by atoms with Crippen LogP contribution in [0.5, 0.6) is 0 Å². The molecule has 0 unspecified atom stereocenters. The summed E-state index contributed by atoms with van der Waals surface area (Å²) >= 11 is 0. The monoisotopic (exact) mass is 208 g/mol. The quantitative estimate of drug-likeness (QED) is 0.394. The second kappa shape index (κ2) is 3.31. The maximum absolute atomic E-state index is 2.20. The van der Waals surface area contributed by atoms with Gasteiger partial charge in [0.1, 0.15) is 0 Å². The Bertz CT molecular complexity index is 683. The summed E-state index contributed by atoms with van der Waals surface area (Å²) < 4.78 is 2.19. The summed E-state index contributed by atoms with van der Waals surface area (Å²) in [5.41, 5.74) is 3.99. The van der Waals surface area contributed by atoms with E-state index in [2.05, 4.69) is 67.0 Å². The number of fused-ring (bicyclic) bond motifs is 2. The van der Waals surface area contributed by atoms with Gasteiger partial charge in [-0.25, -0.2) is 0 Å². The third-order valence-electron chi connectivity index (χ3n) is 3.23. The number of benzene rings is 1. The average Bonchev–Trinajstić information content (AvgIpc) is 2.29. The van der Waals surface area contributed by atoms with Crippen molar-refractivity contribution in [3.05, 3.63) is 59.9 Å². The van der Waals surface area contributed by atoms with Crippen LogP contribution < -0.4 is 4.40 Å². The lowest BCUT2D eigenvalue weighted by molar-refractivity contribution is -0.510. The minimum atomic E-state index is 1.28. The number of aromatic nitrogens is 1. The highest BCUT2D eigenvalue weighted by molar-refractivity contribution is 5.90. The van der Waals surface area contributed by atoms with Crippen molar-refractivity contribution in [1.29, 1.82) is 0 Å². The van der Waals surface area contributed by atoms with Crippen LogP contribution in [0.1, 0.15) is 11.1 Å². The van der Waals surface area contributed by atoms with Crippen molar-refractivity contribution in [2.45, 2.75) is 13.8 Å². The van der Waals surface area contributed by atoms with Gasteiger partial charge in [-0.2, -0.15) is 4.40 Å². The van der Waals surface area contributed by atoms with Crippen molar-refractivity contribution in [3.63, 3.8) is 0 Å². The van der Waals surface area contributed by atoms with Gasteiger partial charge in [-0.1, -0.05) is 12.1 Å². The van der Waals surface area contributed by atoms with Gasteiger partial charge >= 0.3 is 0 Å². The second-order valence-electron chi connectivity index (χ2n) is 4.29. The fourth-order valence-electron chi connectivity index (χ4n) is 2.47. The highest BCUT2D eigenvalue weighted by Crippen LogP contribution is 2.22. The van der Waals surface area contributed by atoms with Gasteiger partial charge in [-0.15, -0.1) is 0 Å². The number of hydrogen-bond acceptors (Lipinski definition) is 0. The smallest absolute Gasteiger partial charge is 0.166 e. The molecule has 78 valence electrons. The van der Waals surface area contributed by atoms with Crippen LogP contribution in [0.25, 0.3) is 16.3 Å². The normalized spacial score (nSPS) is 11.1. The van der Waals surface area contributed by atoms with E-state index < -0.39 is 0 Å². The molecule has 2 heterocycles.